The van der Waals surface area contributed by atoms with E-state index in [0.717, 1.165) is 0 Å². The van der Waals surface area contributed by atoms with Gasteiger partial charge in [-0.15, -0.1) is 0 Å². The van der Waals surface area contributed by atoms with Gasteiger partial charge in [0.15, 0.2) is 0 Å². The van der Waals surface area contributed by atoms with E-state index in [2.05, 4.69) is 21.2 Å². The van der Waals surface area contributed by atoms with Crippen molar-refractivity contribution in [2.24, 2.45) is 5.41 Å². The summed E-state index contributed by atoms with van der Waals surface area (Å²) in [6.45, 7) is 0. The highest BCUT2D eigenvalue weighted by Crippen LogP contribution is 2.42. The van der Waals surface area contributed by atoms with Crippen LogP contribution in [0.3, 0.4) is 0 Å². The topological polar surface area (TPSA) is 66.4 Å². The first-order valence-corrected chi connectivity index (χ1v) is 6.25. The number of hydrogen-bond donors (Lipinski definition) is 2. The summed E-state index contributed by atoms with van der Waals surface area (Å²) in [6, 6.07) is 4.11. The van der Waals surface area contributed by atoms with E-state index in [-0.39, 0.29) is 5.69 Å². The third kappa shape index (κ3) is 2.12. The van der Waals surface area contributed by atoms with Gasteiger partial charge in [0.2, 0.25) is 5.91 Å². The molecule has 1 aromatic carbocycles. The molecule has 1 aliphatic rings. The summed E-state index contributed by atoms with van der Waals surface area (Å²) >= 11 is 3.16. The quantitative estimate of drug-likeness (QED) is 0.843. The molecule has 2 N–H and O–H groups in total. The summed E-state index contributed by atoms with van der Waals surface area (Å²) in [5.41, 5.74) is -1.41. The number of carboxylic acids is 1. The molecule has 18 heavy (non-hydrogen) atoms. The molecular formula is C12H11BrFNO3. The molecule has 0 atom stereocenters. The molecule has 0 aliphatic heterocycles. The van der Waals surface area contributed by atoms with Crippen molar-refractivity contribution in [1.29, 1.82) is 0 Å². The van der Waals surface area contributed by atoms with Gasteiger partial charge >= 0.3 is 5.97 Å². The maximum Gasteiger partial charge on any atom is 0.319 e. The van der Waals surface area contributed by atoms with Gasteiger partial charge in [0, 0.05) is 4.47 Å². The van der Waals surface area contributed by atoms with Crippen LogP contribution in [0, 0.1) is 11.2 Å². The molecule has 0 spiro atoms. The lowest BCUT2D eigenvalue weighted by Gasteiger charge is -2.35. The van der Waals surface area contributed by atoms with Crippen molar-refractivity contribution in [2.75, 3.05) is 5.32 Å². The summed E-state index contributed by atoms with van der Waals surface area (Å²) in [5.74, 6) is -2.40. The van der Waals surface area contributed by atoms with Gasteiger partial charge in [0.05, 0.1) is 5.69 Å². The lowest BCUT2D eigenvalue weighted by Crippen LogP contribution is -2.48. The first-order valence-electron chi connectivity index (χ1n) is 5.45. The second kappa shape index (κ2) is 4.68. The van der Waals surface area contributed by atoms with E-state index in [1.54, 1.807) is 0 Å². The highest BCUT2D eigenvalue weighted by atomic mass is 79.9. The SMILES string of the molecule is O=C(O)C1(C(=O)Nc2cc(Br)ccc2F)CCC1. The van der Waals surface area contributed by atoms with Gasteiger partial charge in [-0.2, -0.15) is 0 Å². The molecule has 1 aliphatic carbocycles. The van der Waals surface area contributed by atoms with Crippen LogP contribution in [0.4, 0.5) is 10.1 Å². The summed E-state index contributed by atoms with van der Waals surface area (Å²) in [6.07, 6.45) is 1.29. The summed E-state index contributed by atoms with van der Waals surface area (Å²) in [4.78, 5) is 23.1. The van der Waals surface area contributed by atoms with Crippen LogP contribution >= 0.6 is 15.9 Å². The Morgan fingerprint density at radius 1 is 1.39 bits per heavy atom. The van der Waals surface area contributed by atoms with Crippen LogP contribution in [0.2, 0.25) is 0 Å². The molecule has 0 saturated heterocycles. The van der Waals surface area contributed by atoms with Crippen molar-refractivity contribution in [3.8, 4) is 0 Å². The minimum Gasteiger partial charge on any atom is -0.480 e. The molecule has 0 heterocycles. The maximum absolute atomic E-state index is 13.5. The Hall–Kier alpha value is -1.43. The van der Waals surface area contributed by atoms with E-state index < -0.39 is 23.1 Å². The number of amides is 1. The van der Waals surface area contributed by atoms with Crippen LogP contribution in [-0.2, 0) is 9.59 Å². The molecule has 6 heteroatoms. The molecule has 2 rings (SSSR count). The van der Waals surface area contributed by atoms with Crippen molar-refractivity contribution < 1.29 is 19.1 Å². The normalized spacial score (nSPS) is 16.8. The van der Waals surface area contributed by atoms with Crippen LogP contribution in [-0.4, -0.2) is 17.0 Å². The van der Waals surface area contributed by atoms with E-state index in [9.17, 15) is 14.0 Å². The lowest BCUT2D eigenvalue weighted by atomic mass is 9.68. The zero-order valence-corrected chi connectivity index (χ0v) is 11.0. The first-order chi connectivity index (χ1) is 8.45. The van der Waals surface area contributed by atoms with Crippen LogP contribution in [0.25, 0.3) is 0 Å². The van der Waals surface area contributed by atoms with E-state index >= 15 is 0 Å². The third-order valence-corrected chi connectivity index (χ3v) is 3.72. The monoisotopic (exact) mass is 315 g/mol. The number of aliphatic carboxylic acids is 1. The molecule has 0 aromatic heterocycles. The fourth-order valence-electron chi connectivity index (χ4n) is 1.90. The van der Waals surface area contributed by atoms with Gasteiger partial charge in [-0.05, 0) is 31.0 Å². The third-order valence-electron chi connectivity index (χ3n) is 3.23. The Bertz CT molecular complexity index is 514. The van der Waals surface area contributed by atoms with E-state index in [1.807, 2.05) is 0 Å². The Morgan fingerprint density at radius 3 is 2.56 bits per heavy atom. The molecule has 1 saturated carbocycles. The largest absolute Gasteiger partial charge is 0.480 e. The van der Waals surface area contributed by atoms with Crippen molar-refractivity contribution in [3.05, 3.63) is 28.5 Å². The molecule has 0 unspecified atom stereocenters. The Labute approximate surface area is 111 Å². The minimum absolute atomic E-state index is 0.0121. The second-order valence-corrected chi connectivity index (χ2v) is 5.23. The number of hydrogen-bond acceptors (Lipinski definition) is 2. The number of anilines is 1. The highest BCUT2D eigenvalue weighted by Gasteiger charge is 2.51. The van der Waals surface area contributed by atoms with Crippen LogP contribution in [0.1, 0.15) is 19.3 Å². The molecule has 1 fully saturated rings. The van der Waals surface area contributed by atoms with Gasteiger partial charge in [-0.1, -0.05) is 22.4 Å². The highest BCUT2D eigenvalue weighted by molar-refractivity contribution is 9.10. The summed E-state index contributed by atoms with van der Waals surface area (Å²) in [7, 11) is 0. The standard InChI is InChI=1S/C12H11BrFNO3/c13-7-2-3-8(14)9(6-7)15-10(16)12(11(17)18)4-1-5-12/h2-3,6H,1,4-5H2,(H,15,16)(H,17,18). The zero-order chi connectivity index (χ0) is 13.3. The number of nitrogens with one attached hydrogen (secondary N) is 1. The number of rotatable bonds is 3. The Kier molecular flexibility index (Phi) is 3.38. The van der Waals surface area contributed by atoms with Crippen molar-refractivity contribution in [1.82, 2.24) is 0 Å². The van der Waals surface area contributed by atoms with Gasteiger partial charge in [-0.25, -0.2) is 4.39 Å². The minimum atomic E-state index is -1.39. The van der Waals surface area contributed by atoms with E-state index in [0.29, 0.717) is 23.7 Å². The second-order valence-electron chi connectivity index (χ2n) is 4.32. The number of benzene rings is 1. The van der Waals surface area contributed by atoms with Gasteiger partial charge in [0.25, 0.3) is 0 Å². The molecule has 1 aromatic rings. The predicted molar refractivity (Wildman–Crippen MR) is 66.6 cm³/mol. The summed E-state index contributed by atoms with van der Waals surface area (Å²) < 4.78 is 14.1. The first kappa shape index (κ1) is 13.0. The maximum atomic E-state index is 13.5. The number of carbonyl (C=O) groups excluding carboxylic acids is 1. The van der Waals surface area contributed by atoms with Gasteiger partial charge in [-0.3, -0.25) is 9.59 Å². The Morgan fingerprint density at radius 2 is 2.06 bits per heavy atom. The van der Waals surface area contributed by atoms with Crippen molar-refractivity contribution >= 4 is 33.5 Å². The molecular weight excluding hydrogens is 305 g/mol. The molecule has 0 bridgehead atoms. The molecule has 4 nitrogen and oxygen atoms in total. The lowest BCUT2D eigenvalue weighted by molar-refractivity contribution is -0.159. The molecule has 0 radical (unpaired) electrons. The predicted octanol–water partition coefficient (Wildman–Crippen LogP) is 2.78. The fraction of sp³-hybridized carbons (Fsp3) is 0.333. The Balaban J connectivity index is 2.21. The van der Waals surface area contributed by atoms with Crippen molar-refractivity contribution in [2.45, 2.75) is 19.3 Å². The average molecular weight is 316 g/mol. The van der Waals surface area contributed by atoms with Gasteiger partial charge in [0.1, 0.15) is 11.2 Å². The number of carbonyl (C=O) groups is 2. The summed E-state index contributed by atoms with van der Waals surface area (Å²) in [5, 5.41) is 11.4. The zero-order valence-electron chi connectivity index (χ0n) is 9.37. The molecule has 96 valence electrons. The fourth-order valence-corrected chi connectivity index (χ4v) is 2.26. The van der Waals surface area contributed by atoms with Crippen LogP contribution in [0.15, 0.2) is 22.7 Å². The van der Waals surface area contributed by atoms with Gasteiger partial charge < -0.3 is 10.4 Å². The van der Waals surface area contributed by atoms with Crippen LogP contribution in [0.5, 0.6) is 0 Å². The smallest absolute Gasteiger partial charge is 0.319 e. The average Bonchev–Trinajstić information content (AvgIpc) is 2.21. The van der Waals surface area contributed by atoms with E-state index in [4.69, 9.17) is 5.11 Å². The number of halogens is 2. The van der Waals surface area contributed by atoms with Crippen LogP contribution < -0.4 is 5.32 Å². The number of carboxylic acid groups (broad SMARTS) is 1. The molecule has 1 amide bonds. The van der Waals surface area contributed by atoms with E-state index in [1.165, 1.54) is 18.2 Å². The van der Waals surface area contributed by atoms with Crippen molar-refractivity contribution in [3.63, 3.8) is 0 Å².